The second-order valence-corrected chi connectivity index (χ2v) is 6.98. The minimum Gasteiger partial charge on any atom is -0.350 e. The predicted molar refractivity (Wildman–Crippen MR) is 104 cm³/mol. The molecule has 1 atom stereocenters. The topological polar surface area (TPSA) is 66.4 Å². The first-order chi connectivity index (χ1) is 12.0. The maximum atomic E-state index is 12.2. The van der Waals surface area contributed by atoms with Crippen molar-refractivity contribution in [1.82, 2.24) is 10.4 Å². The summed E-state index contributed by atoms with van der Waals surface area (Å²) in [5, 5.41) is 7.91. The SMILES string of the molecule is Cc1ccc(C)c(/C=N\NC(=O)[C@@H](C)Nc2nc3ccccc3s2)c1. The van der Waals surface area contributed by atoms with Crippen LogP contribution >= 0.6 is 11.3 Å². The van der Waals surface area contributed by atoms with Gasteiger partial charge in [-0.3, -0.25) is 4.79 Å². The normalized spacial score (nSPS) is 12.4. The molecule has 2 aromatic carbocycles. The number of benzene rings is 2. The molecule has 3 aromatic rings. The number of hydrazone groups is 1. The second-order valence-electron chi connectivity index (χ2n) is 5.95. The number of anilines is 1. The van der Waals surface area contributed by atoms with Crippen molar-refractivity contribution in [1.29, 1.82) is 0 Å². The van der Waals surface area contributed by atoms with Gasteiger partial charge in [-0.15, -0.1) is 0 Å². The van der Waals surface area contributed by atoms with E-state index in [-0.39, 0.29) is 5.91 Å². The Balaban J connectivity index is 1.60. The molecule has 0 aliphatic carbocycles. The first kappa shape index (κ1) is 17.1. The first-order valence-corrected chi connectivity index (χ1v) is 8.87. The van der Waals surface area contributed by atoms with Crippen LogP contribution in [-0.4, -0.2) is 23.1 Å². The summed E-state index contributed by atoms with van der Waals surface area (Å²) in [5.41, 5.74) is 6.77. The summed E-state index contributed by atoms with van der Waals surface area (Å²) in [6, 6.07) is 13.6. The van der Waals surface area contributed by atoms with Crippen molar-refractivity contribution in [2.75, 3.05) is 5.32 Å². The Bertz CT molecular complexity index is 899. The third kappa shape index (κ3) is 4.22. The molecule has 0 saturated carbocycles. The quantitative estimate of drug-likeness (QED) is 0.541. The fourth-order valence-corrected chi connectivity index (χ4v) is 3.30. The molecule has 6 heteroatoms. The van der Waals surface area contributed by atoms with Gasteiger partial charge < -0.3 is 5.32 Å². The lowest BCUT2D eigenvalue weighted by Gasteiger charge is -2.10. The summed E-state index contributed by atoms with van der Waals surface area (Å²) in [6.07, 6.45) is 1.67. The van der Waals surface area contributed by atoms with Crippen LogP contribution in [0, 0.1) is 13.8 Å². The number of thiazole rings is 1. The molecule has 1 aromatic heterocycles. The fourth-order valence-electron chi connectivity index (χ4n) is 2.35. The summed E-state index contributed by atoms with van der Waals surface area (Å²) in [5.74, 6) is -0.208. The molecule has 128 valence electrons. The molecule has 0 saturated heterocycles. The lowest BCUT2D eigenvalue weighted by Crippen LogP contribution is -2.34. The summed E-state index contributed by atoms with van der Waals surface area (Å²) in [4.78, 5) is 16.7. The van der Waals surface area contributed by atoms with Crippen molar-refractivity contribution in [3.05, 3.63) is 59.2 Å². The zero-order chi connectivity index (χ0) is 17.8. The monoisotopic (exact) mass is 352 g/mol. The molecule has 0 aliphatic heterocycles. The van der Waals surface area contributed by atoms with E-state index >= 15 is 0 Å². The highest BCUT2D eigenvalue weighted by molar-refractivity contribution is 7.22. The van der Waals surface area contributed by atoms with Crippen LogP contribution in [0.5, 0.6) is 0 Å². The van der Waals surface area contributed by atoms with Gasteiger partial charge in [0.05, 0.1) is 16.4 Å². The van der Waals surface area contributed by atoms with E-state index in [4.69, 9.17) is 0 Å². The van der Waals surface area contributed by atoms with Crippen LogP contribution in [-0.2, 0) is 4.79 Å². The first-order valence-electron chi connectivity index (χ1n) is 8.05. The predicted octanol–water partition coefficient (Wildman–Crippen LogP) is 3.86. The van der Waals surface area contributed by atoms with Gasteiger partial charge in [0.2, 0.25) is 0 Å². The highest BCUT2D eigenvalue weighted by Gasteiger charge is 2.14. The molecule has 0 unspecified atom stereocenters. The van der Waals surface area contributed by atoms with E-state index in [0.29, 0.717) is 0 Å². The Kier molecular flexibility index (Phi) is 5.09. The van der Waals surface area contributed by atoms with Crippen LogP contribution in [0.25, 0.3) is 10.2 Å². The number of para-hydroxylation sites is 1. The number of carbonyl (C=O) groups is 1. The number of rotatable bonds is 5. The number of hydrogen-bond acceptors (Lipinski definition) is 5. The van der Waals surface area contributed by atoms with E-state index in [1.807, 2.05) is 50.2 Å². The van der Waals surface area contributed by atoms with Crippen molar-refractivity contribution in [2.24, 2.45) is 5.10 Å². The lowest BCUT2D eigenvalue weighted by molar-refractivity contribution is -0.121. The molecule has 25 heavy (non-hydrogen) atoms. The maximum absolute atomic E-state index is 12.2. The number of aromatic nitrogens is 1. The van der Waals surface area contributed by atoms with Crippen molar-refractivity contribution < 1.29 is 4.79 Å². The zero-order valence-corrected chi connectivity index (χ0v) is 15.2. The van der Waals surface area contributed by atoms with Crippen LogP contribution in [0.1, 0.15) is 23.6 Å². The van der Waals surface area contributed by atoms with Gasteiger partial charge in [-0.05, 0) is 44.0 Å². The van der Waals surface area contributed by atoms with Crippen molar-refractivity contribution in [2.45, 2.75) is 26.8 Å². The van der Waals surface area contributed by atoms with Gasteiger partial charge in [0, 0.05) is 0 Å². The molecule has 1 heterocycles. The number of nitrogens with one attached hydrogen (secondary N) is 2. The summed E-state index contributed by atoms with van der Waals surface area (Å²) < 4.78 is 1.09. The summed E-state index contributed by atoms with van der Waals surface area (Å²) in [7, 11) is 0. The molecular formula is C19H20N4OS. The van der Waals surface area contributed by atoms with Gasteiger partial charge in [0.25, 0.3) is 5.91 Å². The minimum atomic E-state index is -0.434. The number of fused-ring (bicyclic) bond motifs is 1. The molecule has 0 radical (unpaired) electrons. The van der Waals surface area contributed by atoms with Gasteiger partial charge >= 0.3 is 0 Å². The van der Waals surface area contributed by atoms with Gasteiger partial charge in [0.1, 0.15) is 6.04 Å². The second kappa shape index (κ2) is 7.44. The van der Waals surface area contributed by atoms with Gasteiger partial charge in [-0.2, -0.15) is 5.10 Å². The molecule has 0 aliphatic rings. The molecule has 2 N–H and O–H groups in total. The molecule has 1 amide bonds. The highest BCUT2D eigenvalue weighted by Crippen LogP contribution is 2.25. The highest BCUT2D eigenvalue weighted by atomic mass is 32.1. The van der Waals surface area contributed by atoms with E-state index in [1.54, 1.807) is 13.1 Å². The number of hydrogen-bond donors (Lipinski definition) is 2. The molecule has 3 rings (SSSR count). The van der Waals surface area contributed by atoms with Gasteiger partial charge in [-0.1, -0.05) is 47.2 Å². The van der Waals surface area contributed by atoms with Crippen LogP contribution in [0.3, 0.4) is 0 Å². The van der Waals surface area contributed by atoms with E-state index in [0.717, 1.165) is 32.0 Å². The Morgan fingerprint density at radius 3 is 2.84 bits per heavy atom. The van der Waals surface area contributed by atoms with Crippen LogP contribution in [0.4, 0.5) is 5.13 Å². The maximum Gasteiger partial charge on any atom is 0.262 e. The van der Waals surface area contributed by atoms with Crippen LogP contribution < -0.4 is 10.7 Å². The summed E-state index contributed by atoms with van der Waals surface area (Å²) >= 11 is 1.53. The molecular weight excluding hydrogens is 332 g/mol. The minimum absolute atomic E-state index is 0.208. The largest absolute Gasteiger partial charge is 0.350 e. The van der Waals surface area contributed by atoms with Gasteiger partial charge in [-0.25, -0.2) is 10.4 Å². The fraction of sp³-hybridized carbons (Fsp3) is 0.211. The molecule has 0 fully saturated rings. The van der Waals surface area contributed by atoms with E-state index in [2.05, 4.69) is 26.9 Å². The van der Waals surface area contributed by atoms with Crippen molar-refractivity contribution >= 4 is 38.8 Å². The van der Waals surface area contributed by atoms with E-state index in [9.17, 15) is 4.79 Å². The average Bonchev–Trinajstić information content (AvgIpc) is 3.00. The number of amides is 1. The molecule has 0 bridgehead atoms. The Hall–Kier alpha value is -2.73. The third-order valence-electron chi connectivity index (χ3n) is 3.84. The molecule has 5 nitrogen and oxygen atoms in total. The van der Waals surface area contributed by atoms with Crippen LogP contribution in [0.2, 0.25) is 0 Å². The standard InChI is InChI=1S/C19H20N4OS/c1-12-8-9-13(2)15(10-12)11-20-23-18(24)14(3)21-19-22-16-6-4-5-7-17(16)25-19/h4-11,14H,1-3H3,(H,21,22)(H,23,24)/b20-11-/t14-/m1/s1. The Morgan fingerprint density at radius 1 is 1.24 bits per heavy atom. The van der Waals surface area contributed by atoms with Crippen molar-refractivity contribution in [3.63, 3.8) is 0 Å². The van der Waals surface area contributed by atoms with E-state index in [1.165, 1.54) is 11.3 Å². The Morgan fingerprint density at radius 2 is 2.04 bits per heavy atom. The number of aryl methyl sites for hydroxylation is 2. The number of nitrogens with zero attached hydrogens (tertiary/aromatic N) is 2. The average molecular weight is 352 g/mol. The Labute approximate surface area is 150 Å². The van der Waals surface area contributed by atoms with E-state index < -0.39 is 6.04 Å². The number of carbonyl (C=O) groups excluding carboxylic acids is 1. The lowest BCUT2D eigenvalue weighted by atomic mass is 10.1. The zero-order valence-electron chi connectivity index (χ0n) is 14.4. The molecule has 0 spiro atoms. The van der Waals surface area contributed by atoms with Crippen molar-refractivity contribution in [3.8, 4) is 0 Å². The van der Waals surface area contributed by atoms with Crippen LogP contribution in [0.15, 0.2) is 47.6 Å². The van der Waals surface area contributed by atoms with Gasteiger partial charge in [0.15, 0.2) is 5.13 Å². The smallest absolute Gasteiger partial charge is 0.262 e. The third-order valence-corrected chi connectivity index (χ3v) is 4.81. The summed E-state index contributed by atoms with van der Waals surface area (Å²) in [6.45, 7) is 5.83.